The van der Waals surface area contributed by atoms with Gasteiger partial charge in [0.15, 0.2) is 11.5 Å². The molecule has 0 aliphatic heterocycles. The van der Waals surface area contributed by atoms with Crippen LogP contribution >= 0.6 is 0 Å². The van der Waals surface area contributed by atoms with Gasteiger partial charge in [-0.15, -0.1) is 5.10 Å². The molecule has 1 aromatic heterocycles. The number of carbonyl (C=O) groups excluding carboxylic acids is 1. The van der Waals surface area contributed by atoms with E-state index in [0.29, 0.717) is 0 Å². The van der Waals surface area contributed by atoms with Crippen molar-refractivity contribution in [1.82, 2.24) is 10.2 Å². The van der Waals surface area contributed by atoms with Crippen LogP contribution in [0.4, 0.5) is 16.1 Å². The van der Waals surface area contributed by atoms with Crippen LogP contribution in [0.3, 0.4) is 0 Å². The Morgan fingerprint density at radius 3 is 2.45 bits per heavy atom. The minimum atomic E-state index is -0.838. The molecule has 0 unspecified atom stereocenters. The second-order valence-electron chi connectivity index (χ2n) is 5.74. The fourth-order valence-electron chi connectivity index (χ4n) is 2.52. The van der Waals surface area contributed by atoms with Crippen molar-refractivity contribution in [3.05, 3.63) is 69.3 Å². The van der Waals surface area contributed by atoms with Crippen molar-refractivity contribution in [3.63, 3.8) is 0 Å². The van der Waals surface area contributed by atoms with Gasteiger partial charge in [0, 0.05) is 6.07 Å². The van der Waals surface area contributed by atoms with Gasteiger partial charge in [-0.1, -0.05) is 17.2 Å². The topological polar surface area (TPSA) is 130 Å². The fraction of sp³-hybridized carbons (Fsp3) is 0.167. The van der Waals surface area contributed by atoms with Crippen LogP contribution in [0, 0.1) is 15.9 Å². The zero-order chi connectivity index (χ0) is 21.0. The number of ether oxygens (including phenoxy) is 2. The molecule has 3 rings (SSSR count). The molecule has 0 bridgehead atoms. The maximum atomic E-state index is 13.0. The van der Waals surface area contributed by atoms with Crippen LogP contribution in [-0.4, -0.2) is 35.2 Å². The lowest BCUT2D eigenvalue weighted by molar-refractivity contribution is -0.385. The Kier molecular flexibility index (Phi) is 5.67. The molecule has 0 saturated heterocycles. The number of methoxy groups -OCH3 is 2. The van der Waals surface area contributed by atoms with E-state index in [-0.39, 0.29) is 41.2 Å². The number of rotatable bonds is 7. The Balaban J connectivity index is 1.80. The number of hydrogen-bond acceptors (Lipinski definition) is 8. The Bertz CT molecular complexity index is 1050. The molecular formula is C18H15FN4O6. The number of nitro benzene ring substituents is 1. The number of hydrogen-bond donors (Lipinski definition) is 1. The van der Waals surface area contributed by atoms with Crippen LogP contribution in [0.5, 0.6) is 11.5 Å². The molecule has 0 spiro atoms. The van der Waals surface area contributed by atoms with Crippen molar-refractivity contribution < 1.29 is 28.0 Å². The normalized spacial score (nSPS) is 10.4. The summed E-state index contributed by atoms with van der Waals surface area (Å²) in [5, 5.41) is 21.1. The smallest absolute Gasteiger partial charge is 0.322 e. The summed E-state index contributed by atoms with van der Waals surface area (Å²) in [6.07, 6.45) is 0.222. The summed E-state index contributed by atoms with van der Waals surface area (Å²) in [7, 11) is 2.66. The number of amides is 1. The summed E-state index contributed by atoms with van der Waals surface area (Å²) in [5.74, 6) is -0.784. The van der Waals surface area contributed by atoms with Crippen molar-refractivity contribution in [1.29, 1.82) is 0 Å². The number of benzene rings is 2. The third kappa shape index (κ3) is 4.46. The lowest BCUT2D eigenvalue weighted by atomic mass is 10.1. The number of aromatic nitrogens is 2. The summed E-state index contributed by atoms with van der Waals surface area (Å²) in [6.45, 7) is 0. The third-order valence-corrected chi connectivity index (χ3v) is 3.90. The van der Waals surface area contributed by atoms with E-state index in [1.165, 1.54) is 32.4 Å². The highest BCUT2D eigenvalue weighted by atomic mass is 19.1. The third-order valence-electron chi connectivity index (χ3n) is 3.90. The molecule has 0 aliphatic carbocycles. The first kappa shape index (κ1) is 19.7. The minimum Gasteiger partial charge on any atom is -0.493 e. The van der Waals surface area contributed by atoms with E-state index in [0.717, 1.165) is 11.6 Å². The Labute approximate surface area is 163 Å². The lowest BCUT2D eigenvalue weighted by Gasteiger charge is -2.09. The van der Waals surface area contributed by atoms with Gasteiger partial charge in [-0.25, -0.2) is 4.39 Å². The molecule has 0 radical (unpaired) electrons. The van der Waals surface area contributed by atoms with Crippen LogP contribution in [0.1, 0.15) is 21.8 Å². The molecule has 0 fully saturated rings. The summed E-state index contributed by atoms with van der Waals surface area (Å²) in [4.78, 5) is 23.1. The molecule has 150 valence electrons. The van der Waals surface area contributed by atoms with E-state index in [2.05, 4.69) is 15.5 Å². The Morgan fingerprint density at radius 1 is 1.17 bits per heavy atom. The summed E-state index contributed by atoms with van der Waals surface area (Å²) in [5.41, 5.74) is -0.0272. The average molecular weight is 402 g/mol. The van der Waals surface area contributed by atoms with Crippen LogP contribution in [-0.2, 0) is 6.42 Å². The van der Waals surface area contributed by atoms with E-state index in [4.69, 9.17) is 13.9 Å². The van der Waals surface area contributed by atoms with E-state index in [9.17, 15) is 19.3 Å². The van der Waals surface area contributed by atoms with Crippen molar-refractivity contribution >= 4 is 17.6 Å². The first-order chi connectivity index (χ1) is 13.9. The quantitative estimate of drug-likeness (QED) is 0.472. The van der Waals surface area contributed by atoms with Crippen LogP contribution in [0.25, 0.3) is 0 Å². The highest BCUT2D eigenvalue weighted by Crippen LogP contribution is 2.34. The molecular weight excluding hydrogens is 387 g/mol. The minimum absolute atomic E-state index is 0.107. The maximum Gasteiger partial charge on any atom is 0.322 e. The zero-order valence-corrected chi connectivity index (χ0v) is 15.3. The summed E-state index contributed by atoms with van der Waals surface area (Å²) < 4.78 is 28.4. The number of halogens is 1. The first-order valence-corrected chi connectivity index (χ1v) is 8.20. The first-order valence-electron chi connectivity index (χ1n) is 8.20. The predicted octanol–water partition coefficient (Wildman–Crippen LogP) is 2.98. The van der Waals surface area contributed by atoms with Gasteiger partial charge < -0.3 is 13.9 Å². The van der Waals surface area contributed by atoms with Crippen molar-refractivity contribution in [2.24, 2.45) is 0 Å². The molecule has 10 nitrogen and oxygen atoms in total. The molecule has 1 heterocycles. The van der Waals surface area contributed by atoms with E-state index < -0.39 is 16.5 Å². The van der Waals surface area contributed by atoms with E-state index in [1.807, 2.05) is 0 Å². The fourth-order valence-corrected chi connectivity index (χ4v) is 2.52. The Morgan fingerprint density at radius 2 is 1.83 bits per heavy atom. The molecule has 0 atom stereocenters. The van der Waals surface area contributed by atoms with Crippen molar-refractivity contribution in [2.75, 3.05) is 19.5 Å². The van der Waals surface area contributed by atoms with Gasteiger partial charge >= 0.3 is 6.01 Å². The molecule has 0 saturated carbocycles. The van der Waals surface area contributed by atoms with Crippen LogP contribution in [0.2, 0.25) is 0 Å². The van der Waals surface area contributed by atoms with Crippen molar-refractivity contribution in [3.8, 4) is 11.5 Å². The molecule has 0 aliphatic rings. The van der Waals surface area contributed by atoms with Gasteiger partial charge in [0.2, 0.25) is 5.89 Å². The van der Waals surface area contributed by atoms with Gasteiger partial charge in [0.25, 0.3) is 11.6 Å². The Hall–Kier alpha value is -4.02. The van der Waals surface area contributed by atoms with Crippen LogP contribution < -0.4 is 14.8 Å². The molecule has 1 N–H and O–H groups in total. The monoisotopic (exact) mass is 402 g/mol. The highest BCUT2D eigenvalue weighted by molar-refractivity contribution is 6.06. The zero-order valence-electron chi connectivity index (χ0n) is 15.3. The lowest BCUT2D eigenvalue weighted by Crippen LogP contribution is -2.14. The number of nitro groups is 1. The molecule has 2 aromatic carbocycles. The second kappa shape index (κ2) is 8.33. The largest absolute Gasteiger partial charge is 0.493 e. The molecule has 11 heteroatoms. The highest BCUT2D eigenvalue weighted by Gasteiger charge is 2.25. The SMILES string of the molecule is COc1cc(C(=O)Nc2nnc(Cc3ccc(F)cc3)o2)c([N+](=O)[O-])cc1OC. The van der Waals surface area contributed by atoms with Gasteiger partial charge in [-0.2, -0.15) is 0 Å². The number of nitrogens with zero attached hydrogens (tertiary/aromatic N) is 3. The van der Waals surface area contributed by atoms with E-state index in [1.54, 1.807) is 12.1 Å². The molecule has 29 heavy (non-hydrogen) atoms. The van der Waals surface area contributed by atoms with E-state index >= 15 is 0 Å². The number of nitrogens with one attached hydrogen (secondary N) is 1. The van der Waals surface area contributed by atoms with Crippen LogP contribution in [0.15, 0.2) is 40.8 Å². The molecule has 1 amide bonds. The van der Waals surface area contributed by atoms with Gasteiger partial charge in [-0.3, -0.25) is 20.2 Å². The average Bonchev–Trinajstić information content (AvgIpc) is 3.15. The summed E-state index contributed by atoms with van der Waals surface area (Å²) in [6, 6.07) is 7.74. The van der Waals surface area contributed by atoms with Gasteiger partial charge in [-0.05, 0) is 17.7 Å². The predicted molar refractivity (Wildman–Crippen MR) is 97.7 cm³/mol. The maximum absolute atomic E-state index is 13.0. The summed E-state index contributed by atoms with van der Waals surface area (Å²) >= 11 is 0. The van der Waals surface area contributed by atoms with Gasteiger partial charge in [0.05, 0.1) is 31.6 Å². The second-order valence-corrected chi connectivity index (χ2v) is 5.74. The van der Waals surface area contributed by atoms with Gasteiger partial charge in [0.1, 0.15) is 11.4 Å². The van der Waals surface area contributed by atoms with Crippen molar-refractivity contribution in [2.45, 2.75) is 6.42 Å². The standard InChI is InChI=1S/C18H15FN4O6/c1-27-14-8-12(13(23(25)26)9-15(14)28-2)17(24)20-18-22-21-16(29-18)7-10-3-5-11(19)6-4-10/h3-6,8-9H,7H2,1-2H3,(H,20,22,24). The number of anilines is 1. The number of carbonyl (C=O) groups is 1. The molecule has 3 aromatic rings.